The molecule has 0 aliphatic heterocycles. The Kier molecular flexibility index (Phi) is 6.22. The maximum Gasteiger partial charge on any atom is 0.294 e. The van der Waals surface area contributed by atoms with E-state index in [1.165, 1.54) is 74.0 Å². The van der Waals surface area contributed by atoms with Crippen molar-refractivity contribution in [2.24, 2.45) is 7.05 Å². The Balaban J connectivity index is 1.74. The predicted octanol–water partition coefficient (Wildman–Crippen LogP) is 7.80. The molecule has 2 aliphatic rings. The lowest BCUT2D eigenvalue weighted by atomic mass is 9.87. The van der Waals surface area contributed by atoms with Gasteiger partial charge in [-0.25, -0.2) is 4.57 Å². The van der Waals surface area contributed by atoms with Gasteiger partial charge in [-0.15, -0.1) is 0 Å². The van der Waals surface area contributed by atoms with Crippen LogP contribution in [0.5, 0.6) is 0 Å². The predicted molar refractivity (Wildman–Crippen MR) is 134 cm³/mol. The number of benzene rings is 2. The molecule has 0 amide bonds. The van der Waals surface area contributed by atoms with Crippen molar-refractivity contribution in [2.45, 2.75) is 89.4 Å². The van der Waals surface area contributed by atoms with Gasteiger partial charge in [0, 0.05) is 11.1 Å². The monoisotopic (exact) mass is 427 g/mol. The molecule has 0 bridgehead atoms. The molecule has 2 heteroatoms. The third kappa shape index (κ3) is 3.83. The van der Waals surface area contributed by atoms with E-state index in [2.05, 4.69) is 84.9 Å². The number of nitrogens with zero attached hydrogens (tertiary/aromatic N) is 2. The Morgan fingerprint density at radius 3 is 2.06 bits per heavy atom. The number of aryl methyl sites for hydroxylation is 1. The van der Waals surface area contributed by atoms with Gasteiger partial charge in [-0.3, -0.25) is 0 Å². The average molecular weight is 428 g/mol. The SMILES string of the molecule is CCC(C)c1ccccc1-c1n(-c2c(C3CCCC3)cccc2C2CCCC2)cc[n+]1C. The summed E-state index contributed by atoms with van der Waals surface area (Å²) in [5, 5.41) is 0. The van der Waals surface area contributed by atoms with E-state index in [1.807, 2.05) is 0 Å². The maximum atomic E-state index is 2.56. The average Bonchev–Trinajstić information content (AvgIpc) is 3.60. The molecule has 2 aromatic carbocycles. The lowest BCUT2D eigenvalue weighted by Crippen LogP contribution is -2.29. The van der Waals surface area contributed by atoms with Crippen LogP contribution in [0.2, 0.25) is 0 Å². The summed E-state index contributed by atoms with van der Waals surface area (Å²) in [6, 6.07) is 16.3. The number of hydrogen-bond acceptors (Lipinski definition) is 0. The number of hydrogen-bond donors (Lipinski definition) is 0. The van der Waals surface area contributed by atoms with Crippen LogP contribution in [0.15, 0.2) is 54.9 Å². The molecule has 1 heterocycles. The zero-order valence-corrected chi connectivity index (χ0v) is 20.2. The number of aromatic nitrogens is 2. The second-order valence-electron chi connectivity index (χ2n) is 10.2. The molecule has 32 heavy (non-hydrogen) atoms. The van der Waals surface area contributed by atoms with Crippen LogP contribution in [0, 0.1) is 0 Å². The summed E-state index contributed by atoms with van der Waals surface area (Å²) in [4.78, 5) is 0. The lowest BCUT2D eigenvalue weighted by molar-refractivity contribution is -0.659. The summed E-state index contributed by atoms with van der Waals surface area (Å²) in [5.74, 6) is 3.29. The standard InChI is InChI=1S/C30H39N2/c1-4-22(2)25-16-9-10-17-28(25)30-31(3)20-21-32(30)29-26(23-12-5-6-13-23)18-11-19-27(29)24-14-7-8-15-24/h9-11,16-24H,4-8,12-15H2,1-3H3/q+1. The summed E-state index contributed by atoms with van der Waals surface area (Å²) in [7, 11) is 2.21. The summed E-state index contributed by atoms with van der Waals surface area (Å²) >= 11 is 0. The first-order chi connectivity index (χ1) is 15.7. The molecule has 5 rings (SSSR count). The number of rotatable bonds is 6. The quantitative estimate of drug-likeness (QED) is 0.355. The van der Waals surface area contributed by atoms with Crippen LogP contribution < -0.4 is 4.57 Å². The van der Waals surface area contributed by atoms with E-state index in [4.69, 9.17) is 0 Å². The van der Waals surface area contributed by atoms with E-state index >= 15 is 0 Å². The highest BCUT2D eigenvalue weighted by atomic mass is 15.1. The Hall–Kier alpha value is -2.35. The summed E-state index contributed by atoms with van der Waals surface area (Å²) in [6.07, 6.45) is 16.6. The van der Waals surface area contributed by atoms with Crippen LogP contribution in [0.25, 0.3) is 17.1 Å². The van der Waals surface area contributed by atoms with E-state index in [0.29, 0.717) is 17.8 Å². The van der Waals surface area contributed by atoms with Gasteiger partial charge >= 0.3 is 0 Å². The van der Waals surface area contributed by atoms with Crippen LogP contribution in [0.3, 0.4) is 0 Å². The van der Waals surface area contributed by atoms with Crippen molar-refractivity contribution in [2.75, 3.05) is 0 Å². The van der Waals surface area contributed by atoms with E-state index in [1.54, 1.807) is 11.1 Å². The van der Waals surface area contributed by atoms with E-state index < -0.39 is 0 Å². The fourth-order valence-corrected chi connectivity index (χ4v) is 6.32. The molecular formula is C30H39N2+. The summed E-state index contributed by atoms with van der Waals surface area (Å²) in [5.41, 5.74) is 7.52. The molecule has 1 aromatic heterocycles. The molecule has 2 fully saturated rings. The zero-order valence-electron chi connectivity index (χ0n) is 20.2. The van der Waals surface area contributed by atoms with E-state index in [-0.39, 0.29) is 0 Å². The second-order valence-corrected chi connectivity index (χ2v) is 10.2. The zero-order chi connectivity index (χ0) is 22.1. The minimum atomic E-state index is 0.550. The first-order valence-corrected chi connectivity index (χ1v) is 13.0. The number of para-hydroxylation sites is 1. The second kappa shape index (κ2) is 9.25. The molecule has 0 saturated heterocycles. The van der Waals surface area contributed by atoms with Crippen LogP contribution in [0.1, 0.15) is 106 Å². The topological polar surface area (TPSA) is 8.81 Å². The molecule has 0 spiro atoms. The fourth-order valence-electron chi connectivity index (χ4n) is 6.32. The Morgan fingerprint density at radius 2 is 1.47 bits per heavy atom. The van der Waals surface area contributed by atoms with Gasteiger partial charge in [0.1, 0.15) is 18.1 Å². The molecule has 1 unspecified atom stereocenters. The molecule has 1 atom stereocenters. The first-order valence-electron chi connectivity index (χ1n) is 13.0. The molecule has 2 aliphatic carbocycles. The minimum Gasteiger partial charge on any atom is -0.232 e. The third-order valence-electron chi connectivity index (χ3n) is 8.28. The summed E-state index contributed by atoms with van der Waals surface area (Å²) in [6.45, 7) is 4.66. The smallest absolute Gasteiger partial charge is 0.232 e. The number of imidazole rings is 1. The highest BCUT2D eigenvalue weighted by Crippen LogP contribution is 2.44. The molecular weight excluding hydrogens is 388 g/mol. The van der Waals surface area contributed by atoms with Gasteiger partial charge in [0.25, 0.3) is 5.82 Å². The normalized spacial score (nSPS) is 18.5. The Morgan fingerprint density at radius 1 is 0.875 bits per heavy atom. The van der Waals surface area contributed by atoms with Crippen molar-refractivity contribution in [3.8, 4) is 17.1 Å². The maximum absolute atomic E-state index is 2.56. The first kappa shape index (κ1) is 21.5. The minimum absolute atomic E-state index is 0.550. The molecule has 2 nitrogen and oxygen atoms in total. The van der Waals surface area contributed by atoms with Crippen LogP contribution in [-0.4, -0.2) is 4.57 Å². The van der Waals surface area contributed by atoms with Crippen LogP contribution >= 0.6 is 0 Å². The van der Waals surface area contributed by atoms with E-state index in [0.717, 1.165) is 6.42 Å². The molecule has 168 valence electrons. The highest BCUT2D eigenvalue weighted by molar-refractivity contribution is 5.64. The highest BCUT2D eigenvalue weighted by Gasteiger charge is 2.32. The Labute approximate surface area is 194 Å². The third-order valence-corrected chi connectivity index (χ3v) is 8.28. The van der Waals surface area contributed by atoms with Crippen LogP contribution in [-0.2, 0) is 7.05 Å². The van der Waals surface area contributed by atoms with Crippen molar-refractivity contribution in [1.29, 1.82) is 0 Å². The van der Waals surface area contributed by atoms with Crippen molar-refractivity contribution >= 4 is 0 Å². The Bertz CT molecular complexity index is 1030. The lowest BCUT2D eigenvalue weighted by Gasteiger charge is -2.21. The van der Waals surface area contributed by atoms with Crippen molar-refractivity contribution in [1.82, 2.24) is 4.57 Å². The largest absolute Gasteiger partial charge is 0.294 e. The molecule has 3 aromatic rings. The van der Waals surface area contributed by atoms with Gasteiger partial charge in [-0.1, -0.05) is 75.9 Å². The van der Waals surface area contributed by atoms with Gasteiger partial charge in [0.2, 0.25) is 0 Å². The summed E-state index contributed by atoms with van der Waals surface area (Å²) < 4.78 is 4.90. The van der Waals surface area contributed by atoms with Gasteiger partial charge < -0.3 is 0 Å². The molecule has 0 N–H and O–H groups in total. The van der Waals surface area contributed by atoms with Crippen molar-refractivity contribution in [3.05, 3.63) is 71.5 Å². The fraction of sp³-hybridized carbons (Fsp3) is 0.500. The van der Waals surface area contributed by atoms with Gasteiger partial charge in [0.05, 0.1) is 12.6 Å². The van der Waals surface area contributed by atoms with Crippen molar-refractivity contribution in [3.63, 3.8) is 0 Å². The van der Waals surface area contributed by atoms with Gasteiger partial charge in [-0.05, 0) is 61.5 Å². The molecule has 2 saturated carbocycles. The van der Waals surface area contributed by atoms with Gasteiger partial charge in [-0.2, -0.15) is 4.57 Å². The van der Waals surface area contributed by atoms with E-state index in [9.17, 15) is 0 Å². The van der Waals surface area contributed by atoms with Crippen LogP contribution in [0.4, 0.5) is 0 Å². The van der Waals surface area contributed by atoms with Crippen molar-refractivity contribution < 1.29 is 4.57 Å². The van der Waals surface area contributed by atoms with Gasteiger partial charge in [0.15, 0.2) is 0 Å². The molecule has 0 radical (unpaired) electrons.